The number of nitrogens with zero attached hydrogens (tertiary/aromatic N) is 1. The largest absolute Gasteiger partial charge is 0.496 e. The van der Waals surface area contributed by atoms with E-state index in [1.54, 1.807) is 18.4 Å². The molecule has 0 unspecified atom stereocenters. The first-order valence-corrected chi connectivity index (χ1v) is 6.99. The van der Waals surface area contributed by atoms with Crippen LogP contribution in [0.1, 0.15) is 11.3 Å². The Hall–Kier alpha value is -0.580. The number of aryl methyl sites for hydroxylation is 2. The first kappa shape index (κ1) is 12.9. The molecule has 0 N–H and O–H groups in total. The van der Waals surface area contributed by atoms with Crippen molar-refractivity contribution in [2.75, 3.05) is 7.11 Å². The summed E-state index contributed by atoms with van der Waals surface area (Å²) in [6, 6.07) is 3.78. The SMILES string of the molecule is COc1c(C)cc(Cl)cc1-c1nc(C)c(Br)s1. The predicted molar refractivity (Wildman–Crippen MR) is 76.3 cm³/mol. The number of halogens is 2. The molecular weight excluding hydrogens is 322 g/mol. The number of hydrogen-bond donors (Lipinski definition) is 0. The van der Waals surface area contributed by atoms with Gasteiger partial charge in [-0.15, -0.1) is 11.3 Å². The molecule has 5 heteroatoms. The van der Waals surface area contributed by atoms with Crippen LogP contribution in [-0.4, -0.2) is 12.1 Å². The van der Waals surface area contributed by atoms with E-state index in [1.165, 1.54) is 0 Å². The molecule has 2 rings (SSSR count). The lowest BCUT2D eigenvalue weighted by atomic mass is 10.1. The maximum absolute atomic E-state index is 6.09. The minimum Gasteiger partial charge on any atom is -0.496 e. The highest BCUT2D eigenvalue weighted by molar-refractivity contribution is 9.11. The van der Waals surface area contributed by atoms with Crippen molar-refractivity contribution in [3.8, 4) is 16.3 Å². The molecule has 90 valence electrons. The third-order valence-corrected chi connectivity index (χ3v) is 4.67. The van der Waals surface area contributed by atoms with Gasteiger partial charge >= 0.3 is 0 Å². The molecule has 0 saturated carbocycles. The molecule has 2 nitrogen and oxygen atoms in total. The molecule has 0 saturated heterocycles. The van der Waals surface area contributed by atoms with Crippen molar-refractivity contribution < 1.29 is 4.74 Å². The average Bonchev–Trinajstić information content (AvgIpc) is 2.58. The molecule has 1 aromatic heterocycles. The van der Waals surface area contributed by atoms with E-state index in [4.69, 9.17) is 16.3 Å². The van der Waals surface area contributed by atoms with Crippen molar-refractivity contribution in [3.05, 3.63) is 32.2 Å². The van der Waals surface area contributed by atoms with Gasteiger partial charge in [-0.1, -0.05) is 11.6 Å². The number of methoxy groups -OCH3 is 1. The lowest BCUT2D eigenvalue weighted by Crippen LogP contribution is -1.91. The fourth-order valence-corrected chi connectivity index (χ4v) is 3.28. The number of aromatic nitrogens is 1. The fraction of sp³-hybridized carbons (Fsp3) is 0.250. The van der Waals surface area contributed by atoms with Gasteiger partial charge in [0.1, 0.15) is 10.8 Å². The van der Waals surface area contributed by atoms with E-state index in [2.05, 4.69) is 20.9 Å². The predicted octanol–water partition coefficient (Wildman–Crippen LogP) is 4.85. The highest BCUT2D eigenvalue weighted by Gasteiger charge is 2.15. The van der Waals surface area contributed by atoms with Gasteiger partial charge in [-0.25, -0.2) is 4.98 Å². The van der Waals surface area contributed by atoms with Crippen molar-refractivity contribution in [2.45, 2.75) is 13.8 Å². The van der Waals surface area contributed by atoms with E-state index in [0.717, 1.165) is 31.4 Å². The molecule has 1 heterocycles. The van der Waals surface area contributed by atoms with Crippen LogP contribution in [0.25, 0.3) is 10.6 Å². The Morgan fingerprint density at radius 2 is 2.06 bits per heavy atom. The van der Waals surface area contributed by atoms with Gasteiger partial charge < -0.3 is 4.74 Å². The lowest BCUT2D eigenvalue weighted by Gasteiger charge is -2.10. The quantitative estimate of drug-likeness (QED) is 0.784. The standard InChI is InChI=1S/C12H11BrClNOS/c1-6-4-8(14)5-9(10(6)16-3)12-15-7(2)11(13)17-12/h4-5H,1-3H3. The van der Waals surface area contributed by atoms with Crippen molar-refractivity contribution >= 4 is 38.9 Å². The summed E-state index contributed by atoms with van der Waals surface area (Å²) in [5.41, 5.74) is 2.93. The molecule has 2 aromatic rings. The van der Waals surface area contributed by atoms with Gasteiger partial charge in [0.15, 0.2) is 0 Å². The number of rotatable bonds is 2. The van der Waals surface area contributed by atoms with Crippen LogP contribution < -0.4 is 4.74 Å². The zero-order valence-corrected chi connectivity index (χ0v) is 12.8. The van der Waals surface area contributed by atoms with Crippen molar-refractivity contribution in [3.63, 3.8) is 0 Å². The third-order valence-electron chi connectivity index (χ3n) is 2.41. The maximum Gasteiger partial charge on any atom is 0.132 e. The van der Waals surface area contributed by atoms with Gasteiger partial charge in [0.25, 0.3) is 0 Å². The molecule has 17 heavy (non-hydrogen) atoms. The van der Waals surface area contributed by atoms with E-state index in [1.807, 2.05) is 26.0 Å². The Labute approximate surface area is 118 Å². The smallest absolute Gasteiger partial charge is 0.132 e. The fourth-order valence-electron chi connectivity index (χ4n) is 1.65. The van der Waals surface area contributed by atoms with Crippen LogP contribution in [0.15, 0.2) is 15.9 Å². The Morgan fingerprint density at radius 1 is 1.35 bits per heavy atom. The molecule has 1 aromatic carbocycles. The summed E-state index contributed by atoms with van der Waals surface area (Å²) in [5, 5.41) is 1.61. The zero-order valence-electron chi connectivity index (χ0n) is 9.67. The second kappa shape index (κ2) is 4.96. The highest BCUT2D eigenvalue weighted by atomic mass is 79.9. The molecule has 0 fully saturated rings. The van der Waals surface area contributed by atoms with Crippen molar-refractivity contribution in [1.29, 1.82) is 0 Å². The van der Waals surface area contributed by atoms with E-state index >= 15 is 0 Å². The maximum atomic E-state index is 6.09. The summed E-state index contributed by atoms with van der Waals surface area (Å²) in [7, 11) is 1.66. The number of thiazole rings is 1. The Bertz CT molecular complexity index is 548. The Balaban J connectivity index is 2.65. The van der Waals surface area contributed by atoms with E-state index in [9.17, 15) is 0 Å². The summed E-state index contributed by atoms with van der Waals surface area (Å²) in [6.45, 7) is 3.94. The van der Waals surface area contributed by atoms with Crippen LogP contribution in [0.3, 0.4) is 0 Å². The Morgan fingerprint density at radius 3 is 2.59 bits per heavy atom. The van der Waals surface area contributed by atoms with Crippen LogP contribution in [0.5, 0.6) is 5.75 Å². The lowest BCUT2D eigenvalue weighted by molar-refractivity contribution is 0.413. The summed E-state index contributed by atoms with van der Waals surface area (Å²) in [6.07, 6.45) is 0. The second-order valence-electron chi connectivity index (χ2n) is 3.68. The van der Waals surface area contributed by atoms with Gasteiger partial charge in [-0.2, -0.15) is 0 Å². The Kier molecular flexibility index (Phi) is 3.76. The van der Waals surface area contributed by atoms with Gasteiger partial charge in [0.2, 0.25) is 0 Å². The second-order valence-corrected chi connectivity index (χ2v) is 6.44. The first-order chi connectivity index (χ1) is 8.02. The van der Waals surface area contributed by atoms with E-state index in [0.29, 0.717) is 5.02 Å². The van der Waals surface area contributed by atoms with Gasteiger partial charge in [-0.3, -0.25) is 0 Å². The number of hydrogen-bond acceptors (Lipinski definition) is 3. The molecule has 0 spiro atoms. The molecule has 0 amide bonds. The van der Waals surface area contributed by atoms with Crippen LogP contribution in [-0.2, 0) is 0 Å². The average molecular weight is 333 g/mol. The van der Waals surface area contributed by atoms with E-state index in [-0.39, 0.29) is 0 Å². The summed E-state index contributed by atoms with van der Waals surface area (Å²) in [5.74, 6) is 0.829. The molecule has 0 aliphatic rings. The number of benzene rings is 1. The van der Waals surface area contributed by atoms with Gasteiger partial charge in [0, 0.05) is 5.02 Å². The summed E-state index contributed by atoms with van der Waals surface area (Å²) in [4.78, 5) is 4.50. The monoisotopic (exact) mass is 331 g/mol. The van der Waals surface area contributed by atoms with Gasteiger partial charge in [-0.05, 0) is 47.5 Å². The normalized spacial score (nSPS) is 10.6. The molecule has 0 radical (unpaired) electrons. The number of ether oxygens (including phenoxy) is 1. The summed E-state index contributed by atoms with van der Waals surface area (Å²) < 4.78 is 6.46. The third kappa shape index (κ3) is 2.49. The molecular formula is C12H11BrClNOS. The van der Waals surface area contributed by atoms with Crippen LogP contribution in [0.2, 0.25) is 5.02 Å². The zero-order chi connectivity index (χ0) is 12.6. The van der Waals surface area contributed by atoms with Crippen molar-refractivity contribution in [1.82, 2.24) is 4.98 Å². The van der Waals surface area contributed by atoms with Crippen LogP contribution in [0, 0.1) is 13.8 Å². The highest BCUT2D eigenvalue weighted by Crippen LogP contribution is 2.39. The minimum absolute atomic E-state index is 0.697. The van der Waals surface area contributed by atoms with Crippen molar-refractivity contribution in [2.24, 2.45) is 0 Å². The molecule has 0 atom stereocenters. The van der Waals surface area contributed by atoms with Crippen LogP contribution >= 0.6 is 38.9 Å². The van der Waals surface area contributed by atoms with Gasteiger partial charge in [0.05, 0.1) is 22.2 Å². The minimum atomic E-state index is 0.697. The molecule has 0 aliphatic heterocycles. The van der Waals surface area contributed by atoms with E-state index < -0.39 is 0 Å². The molecule has 0 aliphatic carbocycles. The summed E-state index contributed by atoms with van der Waals surface area (Å²) >= 11 is 11.1. The molecule has 0 bridgehead atoms. The topological polar surface area (TPSA) is 22.1 Å². The first-order valence-electron chi connectivity index (χ1n) is 5.00. The van der Waals surface area contributed by atoms with Crippen LogP contribution in [0.4, 0.5) is 0 Å².